The van der Waals surface area contributed by atoms with Crippen molar-refractivity contribution in [1.82, 2.24) is 0 Å². The molecule has 0 saturated carbocycles. The van der Waals surface area contributed by atoms with Crippen molar-refractivity contribution in [3.8, 4) is 0 Å². The van der Waals surface area contributed by atoms with Crippen LogP contribution in [0, 0.1) is 0 Å². The van der Waals surface area contributed by atoms with Crippen molar-refractivity contribution < 1.29 is 9.53 Å². The first-order valence-electron chi connectivity index (χ1n) is 7.82. The topological polar surface area (TPSA) is 38.7 Å². The van der Waals surface area contributed by atoms with Crippen LogP contribution in [0.2, 0.25) is 0 Å². The Morgan fingerprint density at radius 2 is 1.91 bits per heavy atom. The van der Waals surface area contributed by atoms with Crippen LogP contribution >= 0.6 is 11.3 Å². The van der Waals surface area contributed by atoms with Gasteiger partial charge in [-0.2, -0.15) is 0 Å². The number of carbonyl (C=O) groups excluding carboxylic acids is 1. The molecular weight excluding hydrogens is 306 g/mol. The lowest BCUT2D eigenvalue weighted by Gasteiger charge is -2.23. The zero-order valence-electron chi connectivity index (χ0n) is 13.7. The number of rotatable bonds is 3. The van der Waals surface area contributed by atoms with Gasteiger partial charge in [0.25, 0.3) is 0 Å². The number of nitrogens with zero attached hydrogens (tertiary/aromatic N) is 1. The molecule has 120 valence electrons. The van der Waals surface area contributed by atoms with E-state index in [9.17, 15) is 4.79 Å². The van der Waals surface area contributed by atoms with Crippen LogP contribution in [0.15, 0.2) is 52.8 Å². The Hall–Kier alpha value is -1.94. The first kappa shape index (κ1) is 15.9. The van der Waals surface area contributed by atoms with Gasteiger partial charge in [-0.15, -0.1) is 11.3 Å². The highest BCUT2D eigenvalue weighted by atomic mass is 32.1. The quantitative estimate of drug-likeness (QED) is 0.782. The number of ether oxygens (including phenoxy) is 1. The Kier molecular flexibility index (Phi) is 4.35. The van der Waals surface area contributed by atoms with E-state index in [1.54, 1.807) is 11.3 Å². The molecule has 4 heteroatoms. The van der Waals surface area contributed by atoms with Crippen molar-refractivity contribution >= 4 is 23.0 Å². The molecule has 1 aromatic carbocycles. The number of hydrogen-bond donors (Lipinski definition) is 0. The molecule has 0 N–H and O–H groups in total. The summed E-state index contributed by atoms with van der Waals surface area (Å²) in [6, 6.07) is 13.7. The molecule has 1 aliphatic rings. The van der Waals surface area contributed by atoms with Crippen LogP contribution in [0.3, 0.4) is 0 Å². The Balaban J connectivity index is 1.90. The van der Waals surface area contributed by atoms with E-state index in [4.69, 9.17) is 9.73 Å². The third-order valence-electron chi connectivity index (χ3n) is 3.75. The largest absolute Gasteiger partial charge is 0.458 e. The van der Waals surface area contributed by atoms with Gasteiger partial charge < -0.3 is 4.74 Å². The Morgan fingerprint density at radius 1 is 1.17 bits per heavy atom. The zero-order chi connectivity index (χ0) is 16.4. The fourth-order valence-corrected chi connectivity index (χ4v) is 3.65. The summed E-state index contributed by atoms with van der Waals surface area (Å²) in [5.74, 6) is -0.165. The minimum atomic E-state index is -0.498. The van der Waals surface area contributed by atoms with Gasteiger partial charge in [-0.1, -0.05) is 36.4 Å². The molecule has 1 aliphatic heterocycles. The van der Waals surface area contributed by atoms with Crippen LogP contribution in [-0.2, 0) is 9.53 Å². The molecular formula is C19H21NO2S. The van der Waals surface area contributed by atoms with Gasteiger partial charge in [-0.05, 0) is 37.8 Å². The van der Waals surface area contributed by atoms with E-state index in [2.05, 4.69) is 6.07 Å². The predicted octanol–water partition coefficient (Wildman–Crippen LogP) is 4.44. The zero-order valence-corrected chi connectivity index (χ0v) is 14.5. The lowest BCUT2D eigenvalue weighted by atomic mass is 9.94. The number of esters is 1. The second-order valence-corrected chi connectivity index (χ2v) is 7.73. The van der Waals surface area contributed by atoms with Gasteiger partial charge in [0.15, 0.2) is 6.04 Å². The molecule has 0 fully saturated rings. The summed E-state index contributed by atoms with van der Waals surface area (Å²) in [7, 11) is 0. The summed E-state index contributed by atoms with van der Waals surface area (Å²) in [6.07, 6.45) is 0.772. The molecule has 23 heavy (non-hydrogen) atoms. The van der Waals surface area contributed by atoms with E-state index in [1.807, 2.05) is 62.5 Å². The third-order valence-corrected chi connectivity index (χ3v) is 4.76. The highest BCUT2D eigenvalue weighted by Crippen LogP contribution is 2.37. The Labute approximate surface area is 141 Å². The van der Waals surface area contributed by atoms with Crippen molar-refractivity contribution in [2.24, 2.45) is 4.99 Å². The normalized spacial score (nSPS) is 21.1. The molecule has 0 saturated heterocycles. The molecule has 2 aromatic rings. The third kappa shape index (κ3) is 3.70. The number of benzene rings is 1. The maximum Gasteiger partial charge on any atom is 0.332 e. The van der Waals surface area contributed by atoms with E-state index in [0.29, 0.717) is 0 Å². The van der Waals surface area contributed by atoms with E-state index in [0.717, 1.165) is 17.7 Å². The molecule has 0 amide bonds. The molecule has 0 unspecified atom stereocenters. The summed E-state index contributed by atoms with van der Waals surface area (Å²) < 4.78 is 5.59. The first-order valence-corrected chi connectivity index (χ1v) is 8.70. The second-order valence-electron chi connectivity index (χ2n) is 6.75. The average molecular weight is 327 g/mol. The van der Waals surface area contributed by atoms with E-state index in [1.165, 1.54) is 4.88 Å². The van der Waals surface area contributed by atoms with Crippen LogP contribution in [0.1, 0.15) is 43.6 Å². The monoisotopic (exact) mass is 327 g/mol. The van der Waals surface area contributed by atoms with Crippen LogP contribution < -0.4 is 0 Å². The molecule has 3 rings (SSSR count). The van der Waals surface area contributed by atoms with E-state index in [-0.39, 0.29) is 11.9 Å². The van der Waals surface area contributed by atoms with Crippen molar-refractivity contribution in [3.63, 3.8) is 0 Å². The number of thiophene rings is 1. The minimum absolute atomic E-state index is 0.0695. The summed E-state index contributed by atoms with van der Waals surface area (Å²) in [5, 5.41) is 2.04. The van der Waals surface area contributed by atoms with Crippen molar-refractivity contribution in [1.29, 1.82) is 0 Å². The van der Waals surface area contributed by atoms with Crippen molar-refractivity contribution in [2.45, 2.75) is 44.8 Å². The lowest BCUT2D eigenvalue weighted by molar-refractivity contribution is -0.156. The fraction of sp³-hybridized carbons (Fsp3) is 0.368. The standard InChI is InChI=1S/C19H21NO2S/c1-19(2,3)22-18(21)17-14(16-10-7-11-23-16)12-15(20-17)13-8-5-4-6-9-13/h4-11,14,17H,12H2,1-3H3/t14-,17-/m0/s1. The predicted molar refractivity (Wildman–Crippen MR) is 94.3 cm³/mol. The molecule has 0 bridgehead atoms. The van der Waals surface area contributed by atoms with Crippen molar-refractivity contribution in [2.75, 3.05) is 0 Å². The number of aliphatic imine (C=N–C) groups is 1. The SMILES string of the molecule is CC(C)(C)OC(=O)[C@H]1N=C(c2ccccc2)C[C@H]1c1cccs1. The molecule has 2 heterocycles. The summed E-state index contributed by atoms with van der Waals surface area (Å²) in [4.78, 5) is 18.5. The van der Waals surface area contributed by atoms with Gasteiger partial charge in [0.05, 0.1) is 0 Å². The Morgan fingerprint density at radius 3 is 2.52 bits per heavy atom. The number of hydrogen-bond acceptors (Lipinski definition) is 4. The molecule has 2 atom stereocenters. The summed E-state index contributed by atoms with van der Waals surface area (Å²) >= 11 is 1.68. The van der Waals surface area contributed by atoms with Gasteiger partial charge in [-0.3, -0.25) is 4.99 Å². The highest BCUT2D eigenvalue weighted by Gasteiger charge is 2.39. The molecule has 0 aliphatic carbocycles. The van der Waals surface area contributed by atoms with Gasteiger partial charge in [-0.25, -0.2) is 4.79 Å². The molecule has 3 nitrogen and oxygen atoms in total. The van der Waals surface area contributed by atoms with Gasteiger partial charge in [0.2, 0.25) is 0 Å². The smallest absolute Gasteiger partial charge is 0.332 e. The van der Waals surface area contributed by atoms with Gasteiger partial charge >= 0.3 is 5.97 Å². The average Bonchev–Trinajstić information content (AvgIpc) is 3.15. The van der Waals surface area contributed by atoms with Crippen LogP contribution in [0.25, 0.3) is 0 Å². The first-order chi connectivity index (χ1) is 10.9. The maximum absolute atomic E-state index is 12.6. The molecule has 0 spiro atoms. The maximum atomic E-state index is 12.6. The minimum Gasteiger partial charge on any atom is -0.458 e. The van der Waals surface area contributed by atoms with Gasteiger partial charge in [0, 0.05) is 22.9 Å². The molecule has 0 radical (unpaired) electrons. The van der Waals surface area contributed by atoms with Crippen LogP contribution in [0.4, 0.5) is 0 Å². The van der Waals surface area contributed by atoms with E-state index < -0.39 is 11.6 Å². The number of carbonyl (C=O) groups is 1. The second kappa shape index (κ2) is 6.28. The Bertz CT molecular complexity index is 699. The highest BCUT2D eigenvalue weighted by molar-refractivity contribution is 7.10. The lowest BCUT2D eigenvalue weighted by Crippen LogP contribution is -2.32. The van der Waals surface area contributed by atoms with Crippen LogP contribution in [0.5, 0.6) is 0 Å². The van der Waals surface area contributed by atoms with Crippen LogP contribution in [-0.4, -0.2) is 23.3 Å². The molecule has 1 aromatic heterocycles. The fourth-order valence-electron chi connectivity index (χ4n) is 2.79. The van der Waals surface area contributed by atoms with E-state index >= 15 is 0 Å². The van der Waals surface area contributed by atoms with Gasteiger partial charge in [0.1, 0.15) is 5.60 Å². The summed E-state index contributed by atoms with van der Waals surface area (Å²) in [6.45, 7) is 5.67. The summed E-state index contributed by atoms with van der Waals surface area (Å²) in [5.41, 5.74) is 1.57. The van der Waals surface area contributed by atoms with Crippen molar-refractivity contribution in [3.05, 3.63) is 58.3 Å².